The lowest BCUT2D eigenvalue weighted by Crippen LogP contribution is -2.40. The van der Waals surface area contributed by atoms with Crippen molar-refractivity contribution in [3.63, 3.8) is 0 Å². The molecule has 1 heterocycles. The number of rotatable bonds is 5. The molecule has 0 atom stereocenters. The lowest BCUT2D eigenvalue weighted by molar-refractivity contribution is -0.132. The number of nitrogens with zero attached hydrogens (tertiary/aromatic N) is 1. The highest BCUT2D eigenvalue weighted by Gasteiger charge is 2.22. The molecule has 0 aliphatic carbocycles. The van der Waals surface area contributed by atoms with Gasteiger partial charge in [0.05, 0.1) is 10.6 Å². The standard InChI is InChI=1S/C16H20ClFN2O3/c17-14-9-12(18)1-2-13(14)16(23)19-6-3-15(22)20-7-4-11(10-21)5-8-20/h1-2,9,11,21H,3-8,10H2,(H,19,23). The summed E-state index contributed by atoms with van der Waals surface area (Å²) < 4.78 is 12.9. The van der Waals surface area contributed by atoms with E-state index in [4.69, 9.17) is 16.7 Å². The molecule has 1 aromatic rings. The molecule has 0 aromatic heterocycles. The molecule has 5 nitrogen and oxygen atoms in total. The van der Waals surface area contributed by atoms with E-state index in [1.54, 1.807) is 4.90 Å². The second kappa shape index (κ2) is 8.26. The molecule has 1 aliphatic rings. The fourth-order valence-corrected chi connectivity index (χ4v) is 2.83. The molecular weight excluding hydrogens is 323 g/mol. The van der Waals surface area contributed by atoms with E-state index in [0.29, 0.717) is 13.1 Å². The van der Waals surface area contributed by atoms with Crippen LogP contribution in [0.25, 0.3) is 0 Å². The highest BCUT2D eigenvalue weighted by atomic mass is 35.5. The Hall–Kier alpha value is -1.66. The smallest absolute Gasteiger partial charge is 0.252 e. The Kier molecular flexibility index (Phi) is 6.36. The van der Waals surface area contributed by atoms with Crippen molar-refractivity contribution in [1.29, 1.82) is 0 Å². The van der Waals surface area contributed by atoms with E-state index in [0.717, 1.165) is 25.0 Å². The molecule has 0 unspecified atom stereocenters. The molecule has 2 rings (SSSR count). The largest absolute Gasteiger partial charge is 0.396 e. The lowest BCUT2D eigenvalue weighted by Gasteiger charge is -2.31. The third-order valence-corrected chi connectivity index (χ3v) is 4.34. The van der Waals surface area contributed by atoms with Crippen LogP contribution >= 0.6 is 11.6 Å². The molecule has 1 fully saturated rings. The summed E-state index contributed by atoms with van der Waals surface area (Å²) >= 11 is 5.82. The molecule has 1 saturated heterocycles. The number of nitrogens with one attached hydrogen (secondary N) is 1. The van der Waals surface area contributed by atoms with Crippen LogP contribution in [0.5, 0.6) is 0 Å². The fraction of sp³-hybridized carbons (Fsp3) is 0.500. The monoisotopic (exact) mass is 342 g/mol. The number of halogens is 2. The van der Waals surface area contributed by atoms with Crippen LogP contribution in [0.15, 0.2) is 18.2 Å². The van der Waals surface area contributed by atoms with E-state index < -0.39 is 11.7 Å². The maximum Gasteiger partial charge on any atom is 0.252 e. The van der Waals surface area contributed by atoms with Crippen molar-refractivity contribution in [2.45, 2.75) is 19.3 Å². The summed E-state index contributed by atoms with van der Waals surface area (Å²) in [7, 11) is 0. The average molecular weight is 343 g/mol. The van der Waals surface area contributed by atoms with Gasteiger partial charge in [0.1, 0.15) is 5.82 Å². The topological polar surface area (TPSA) is 69.6 Å². The minimum Gasteiger partial charge on any atom is -0.396 e. The first-order chi connectivity index (χ1) is 11.0. The number of hydrogen-bond donors (Lipinski definition) is 2. The number of piperidine rings is 1. The van der Waals surface area contributed by atoms with E-state index in [1.807, 2.05) is 0 Å². The van der Waals surface area contributed by atoms with Gasteiger partial charge in [0, 0.05) is 32.7 Å². The second-order valence-corrected chi connectivity index (χ2v) is 6.04. The van der Waals surface area contributed by atoms with Crippen LogP contribution in [0.1, 0.15) is 29.6 Å². The minimum atomic E-state index is -0.506. The number of likely N-dealkylation sites (tertiary alicyclic amines) is 1. The van der Waals surface area contributed by atoms with Crippen molar-refractivity contribution in [2.24, 2.45) is 5.92 Å². The Labute approximate surface area is 139 Å². The highest BCUT2D eigenvalue weighted by Crippen LogP contribution is 2.18. The van der Waals surface area contributed by atoms with E-state index in [9.17, 15) is 14.0 Å². The van der Waals surface area contributed by atoms with Gasteiger partial charge >= 0.3 is 0 Å². The van der Waals surface area contributed by atoms with Gasteiger partial charge in [0.15, 0.2) is 0 Å². The Balaban J connectivity index is 1.76. The van der Waals surface area contributed by atoms with Crippen LogP contribution in [0.4, 0.5) is 4.39 Å². The van der Waals surface area contributed by atoms with Gasteiger partial charge < -0.3 is 15.3 Å². The van der Waals surface area contributed by atoms with Gasteiger partial charge in [-0.1, -0.05) is 11.6 Å². The van der Waals surface area contributed by atoms with Crippen LogP contribution < -0.4 is 5.32 Å². The number of carbonyl (C=O) groups is 2. The van der Waals surface area contributed by atoms with Gasteiger partial charge in [-0.05, 0) is 37.0 Å². The third kappa shape index (κ3) is 4.91. The van der Waals surface area contributed by atoms with Crippen LogP contribution in [0, 0.1) is 11.7 Å². The number of carbonyl (C=O) groups excluding carboxylic acids is 2. The van der Waals surface area contributed by atoms with Gasteiger partial charge in [-0.25, -0.2) is 4.39 Å². The molecule has 2 N–H and O–H groups in total. The van der Waals surface area contributed by atoms with Crippen molar-refractivity contribution in [1.82, 2.24) is 10.2 Å². The molecular formula is C16H20ClFN2O3. The molecule has 2 amide bonds. The molecule has 0 saturated carbocycles. The Morgan fingerprint density at radius 2 is 2.04 bits per heavy atom. The summed E-state index contributed by atoms with van der Waals surface area (Å²) in [6.07, 6.45) is 1.81. The predicted octanol–water partition coefficient (Wildman–Crippen LogP) is 1.83. The summed E-state index contributed by atoms with van der Waals surface area (Å²) in [6.45, 7) is 1.64. The zero-order valence-electron chi connectivity index (χ0n) is 12.7. The number of aliphatic hydroxyl groups excluding tert-OH is 1. The maximum absolute atomic E-state index is 12.9. The van der Waals surface area contributed by atoms with Gasteiger partial charge in [-0.15, -0.1) is 0 Å². The van der Waals surface area contributed by atoms with Crippen LogP contribution in [0.3, 0.4) is 0 Å². The van der Waals surface area contributed by atoms with Crippen LogP contribution in [0.2, 0.25) is 5.02 Å². The van der Waals surface area contributed by atoms with Gasteiger partial charge in [-0.3, -0.25) is 9.59 Å². The normalized spacial score (nSPS) is 15.5. The van der Waals surface area contributed by atoms with E-state index in [1.165, 1.54) is 6.07 Å². The molecule has 0 radical (unpaired) electrons. The number of amides is 2. The predicted molar refractivity (Wildman–Crippen MR) is 84.8 cm³/mol. The Morgan fingerprint density at radius 3 is 2.65 bits per heavy atom. The zero-order valence-corrected chi connectivity index (χ0v) is 13.5. The van der Waals surface area contributed by atoms with E-state index in [-0.39, 0.29) is 42.0 Å². The van der Waals surface area contributed by atoms with Crippen molar-refractivity contribution in [3.8, 4) is 0 Å². The Bertz CT molecular complexity index is 574. The van der Waals surface area contributed by atoms with Crippen LogP contribution in [-0.4, -0.2) is 48.1 Å². The maximum atomic E-state index is 12.9. The zero-order chi connectivity index (χ0) is 16.8. The number of aliphatic hydroxyl groups is 1. The van der Waals surface area contributed by atoms with Crippen molar-refractivity contribution >= 4 is 23.4 Å². The molecule has 1 aromatic carbocycles. The molecule has 126 valence electrons. The van der Waals surface area contributed by atoms with E-state index >= 15 is 0 Å². The summed E-state index contributed by atoms with van der Waals surface area (Å²) in [5, 5.41) is 11.7. The number of hydrogen-bond acceptors (Lipinski definition) is 3. The van der Waals surface area contributed by atoms with E-state index in [2.05, 4.69) is 5.32 Å². The van der Waals surface area contributed by atoms with Crippen LogP contribution in [-0.2, 0) is 4.79 Å². The SMILES string of the molecule is O=C(NCCC(=O)N1CCC(CO)CC1)c1ccc(F)cc1Cl. The fourth-order valence-electron chi connectivity index (χ4n) is 2.57. The molecule has 0 bridgehead atoms. The summed E-state index contributed by atoms with van der Waals surface area (Å²) in [5.41, 5.74) is 0.185. The first-order valence-electron chi connectivity index (χ1n) is 7.63. The van der Waals surface area contributed by atoms with Crippen molar-refractivity contribution < 1.29 is 19.1 Å². The molecule has 23 heavy (non-hydrogen) atoms. The van der Waals surface area contributed by atoms with Crippen molar-refractivity contribution in [2.75, 3.05) is 26.2 Å². The molecule has 1 aliphatic heterocycles. The quantitative estimate of drug-likeness (QED) is 0.857. The molecule has 7 heteroatoms. The number of benzene rings is 1. The van der Waals surface area contributed by atoms with Crippen molar-refractivity contribution in [3.05, 3.63) is 34.6 Å². The van der Waals surface area contributed by atoms with Gasteiger partial charge in [0.2, 0.25) is 5.91 Å². The third-order valence-electron chi connectivity index (χ3n) is 4.03. The molecule has 0 spiro atoms. The highest BCUT2D eigenvalue weighted by molar-refractivity contribution is 6.33. The summed E-state index contributed by atoms with van der Waals surface area (Å²) in [4.78, 5) is 25.8. The first kappa shape index (κ1) is 17.7. The second-order valence-electron chi connectivity index (χ2n) is 5.64. The summed E-state index contributed by atoms with van der Waals surface area (Å²) in [5.74, 6) is -0.680. The average Bonchev–Trinajstić information content (AvgIpc) is 2.54. The summed E-state index contributed by atoms with van der Waals surface area (Å²) in [6, 6.07) is 3.55. The Morgan fingerprint density at radius 1 is 1.35 bits per heavy atom. The lowest BCUT2D eigenvalue weighted by atomic mass is 9.98. The van der Waals surface area contributed by atoms with Gasteiger partial charge in [-0.2, -0.15) is 0 Å². The minimum absolute atomic E-state index is 0.0214. The van der Waals surface area contributed by atoms with Gasteiger partial charge in [0.25, 0.3) is 5.91 Å². The first-order valence-corrected chi connectivity index (χ1v) is 8.01.